The maximum Gasteiger partial charge on any atom is 0.340 e. The number of carbonyl (C=O) groups is 3. The molecule has 0 fully saturated rings. The number of halogens is 4. The molecule has 0 aliphatic rings. The zero-order valence-electron chi connectivity index (χ0n) is 15.7. The first-order valence-corrected chi connectivity index (χ1v) is 9.76. The molecule has 0 saturated carbocycles. The smallest absolute Gasteiger partial charge is 0.340 e. The van der Waals surface area contributed by atoms with Gasteiger partial charge in [-0.3, -0.25) is 4.79 Å². The molecule has 0 atom stereocenters. The topological polar surface area (TPSA) is 89.9 Å². The van der Waals surface area contributed by atoms with Crippen LogP contribution in [0.4, 0.5) is 0 Å². The molecule has 6 nitrogen and oxygen atoms in total. The normalized spacial score (nSPS) is 11.5. The standard InChI is InChI=1S/C18H20Cl4O6/c1-8(2)7-18(3,4)17(26)28-6-5-27-16(25)10-9(15(23)24)11(19)13(21)14(22)12(10)20/h8H,5-7H2,1-4H3,(H,23,24). The van der Waals surface area contributed by atoms with Gasteiger partial charge in [0.1, 0.15) is 13.2 Å². The molecule has 0 radical (unpaired) electrons. The number of rotatable bonds is 8. The summed E-state index contributed by atoms with van der Waals surface area (Å²) in [4.78, 5) is 35.9. The molecule has 0 aliphatic carbocycles. The molecule has 1 rings (SSSR count). The molecule has 28 heavy (non-hydrogen) atoms. The largest absolute Gasteiger partial charge is 0.478 e. The molecule has 0 unspecified atom stereocenters. The first kappa shape index (κ1) is 24.8. The molecule has 0 heterocycles. The maximum atomic E-state index is 12.3. The van der Waals surface area contributed by atoms with Crippen molar-refractivity contribution in [2.45, 2.75) is 34.1 Å². The van der Waals surface area contributed by atoms with Crippen LogP contribution in [-0.2, 0) is 14.3 Å². The molecule has 0 bridgehead atoms. The number of hydrogen-bond acceptors (Lipinski definition) is 5. The Morgan fingerprint density at radius 2 is 1.36 bits per heavy atom. The van der Waals surface area contributed by atoms with E-state index in [1.54, 1.807) is 13.8 Å². The molecule has 1 aromatic rings. The van der Waals surface area contributed by atoms with Crippen LogP contribution in [0.5, 0.6) is 0 Å². The second-order valence-corrected chi connectivity index (χ2v) is 8.58. The van der Waals surface area contributed by atoms with Crippen molar-refractivity contribution in [1.82, 2.24) is 0 Å². The van der Waals surface area contributed by atoms with Crippen LogP contribution in [0.1, 0.15) is 54.8 Å². The fourth-order valence-corrected chi connectivity index (χ4v) is 3.68. The summed E-state index contributed by atoms with van der Waals surface area (Å²) in [6.45, 7) is 6.98. The van der Waals surface area contributed by atoms with Crippen molar-refractivity contribution in [2.75, 3.05) is 13.2 Å². The van der Waals surface area contributed by atoms with Gasteiger partial charge in [0.05, 0.1) is 36.6 Å². The number of hydrogen-bond donors (Lipinski definition) is 1. The Bertz CT molecular complexity index is 789. The Hall–Kier alpha value is -1.21. The van der Waals surface area contributed by atoms with Gasteiger partial charge in [0.25, 0.3) is 0 Å². The average molecular weight is 474 g/mol. The van der Waals surface area contributed by atoms with Crippen LogP contribution < -0.4 is 0 Å². The van der Waals surface area contributed by atoms with Gasteiger partial charge in [-0.15, -0.1) is 0 Å². The van der Waals surface area contributed by atoms with Crippen LogP contribution in [0.3, 0.4) is 0 Å². The lowest BCUT2D eigenvalue weighted by molar-refractivity contribution is -0.155. The van der Waals surface area contributed by atoms with Gasteiger partial charge < -0.3 is 14.6 Å². The van der Waals surface area contributed by atoms with E-state index >= 15 is 0 Å². The highest BCUT2D eigenvalue weighted by Crippen LogP contribution is 2.41. The number of esters is 2. The Kier molecular flexibility index (Phi) is 8.88. The summed E-state index contributed by atoms with van der Waals surface area (Å²) in [6.07, 6.45) is 0.630. The zero-order valence-corrected chi connectivity index (χ0v) is 18.7. The maximum absolute atomic E-state index is 12.3. The van der Waals surface area contributed by atoms with Crippen molar-refractivity contribution in [3.05, 3.63) is 31.2 Å². The van der Waals surface area contributed by atoms with E-state index in [0.717, 1.165) is 0 Å². The van der Waals surface area contributed by atoms with Gasteiger partial charge in [0.15, 0.2) is 0 Å². The zero-order chi connectivity index (χ0) is 21.8. The monoisotopic (exact) mass is 472 g/mol. The predicted molar refractivity (Wildman–Crippen MR) is 108 cm³/mol. The van der Waals surface area contributed by atoms with Gasteiger partial charge in [0, 0.05) is 0 Å². The van der Waals surface area contributed by atoms with E-state index in [0.29, 0.717) is 12.3 Å². The van der Waals surface area contributed by atoms with Gasteiger partial charge in [-0.25, -0.2) is 9.59 Å². The van der Waals surface area contributed by atoms with Crippen LogP contribution in [0.2, 0.25) is 20.1 Å². The van der Waals surface area contributed by atoms with E-state index in [-0.39, 0.29) is 23.3 Å². The van der Waals surface area contributed by atoms with Crippen LogP contribution in [-0.4, -0.2) is 36.2 Å². The first-order chi connectivity index (χ1) is 12.8. The van der Waals surface area contributed by atoms with Gasteiger partial charge in [-0.05, 0) is 26.2 Å². The molecule has 0 spiro atoms. The van der Waals surface area contributed by atoms with Gasteiger partial charge in [-0.2, -0.15) is 0 Å². The summed E-state index contributed by atoms with van der Waals surface area (Å²) in [6, 6.07) is 0. The van der Waals surface area contributed by atoms with Crippen molar-refractivity contribution in [3.63, 3.8) is 0 Å². The van der Waals surface area contributed by atoms with E-state index < -0.39 is 44.5 Å². The average Bonchev–Trinajstić information content (AvgIpc) is 2.57. The van der Waals surface area contributed by atoms with Crippen LogP contribution in [0.25, 0.3) is 0 Å². The number of aromatic carboxylic acids is 1. The fraction of sp³-hybridized carbons (Fsp3) is 0.500. The van der Waals surface area contributed by atoms with Crippen molar-refractivity contribution < 1.29 is 29.0 Å². The number of carboxylic acid groups (broad SMARTS) is 1. The molecule has 156 valence electrons. The van der Waals surface area contributed by atoms with Crippen LogP contribution in [0.15, 0.2) is 0 Å². The lowest BCUT2D eigenvalue weighted by Crippen LogP contribution is -2.29. The molecule has 0 saturated heterocycles. The van der Waals surface area contributed by atoms with E-state index in [9.17, 15) is 19.5 Å². The lowest BCUT2D eigenvalue weighted by Gasteiger charge is -2.24. The second-order valence-electron chi connectivity index (χ2n) is 7.06. The molecular formula is C18H20Cl4O6. The van der Waals surface area contributed by atoms with Crippen molar-refractivity contribution >= 4 is 64.3 Å². The lowest BCUT2D eigenvalue weighted by atomic mass is 9.84. The van der Waals surface area contributed by atoms with Gasteiger partial charge in [0.2, 0.25) is 0 Å². The Morgan fingerprint density at radius 1 is 0.893 bits per heavy atom. The van der Waals surface area contributed by atoms with E-state index in [4.69, 9.17) is 55.9 Å². The third-order valence-electron chi connectivity index (χ3n) is 3.71. The minimum absolute atomic E-state index is 0.207. The van der Waals surface area contributed by atoms with Crippen molar-refractivity contribution in [1.29, 1.82) is 0 Å². The molecule has 1 aromatic carbocycles. The predicted octanol–water partition coefficient (Wildman–Crippen LogP) is 5.77. The van der Waals surface area contributed by atoms with Crippen molar-refractivity contribution in [3.8, 4) is 0 Å². The third-order valence-corrected chi connectivity index (χ3v) is 5.51. The summed E-state index contributed by atoms with van der Waals surface area (Å²) in [7, 11) is 0. The molecule has 10 heteroatoms. The molecule has 0 aromatic heterocycles. The van der Waals surface area contributed by atoms with E-state index in [1.807, 2.05) is 13.8 Å². The number of benzene rings is 1. The van der Waals surface area contributed by atoms with E-state index in [1.165, 1.54) is 0 Å². The molecular weight excluding hydrogens is 454 g/mol. The van der Waals surface area contributed by atoms with E-state index in [2.05, 4.69) is 0 Å². The van der Waals surface area contributed by atoms with Gasteiger partial charge >= 0.3 is 17.9 Å². The first-order valence-electron chi connectivity index (χ1n) is 8.24. The highest BCUT2D eigenvalue weighted by Gasteiger charge is 2.31. The Balaban J connectivity index is 2.85. The van der Waals surface area contributed by atoms with Crippen LogP contribution in [0, 0.1) is 11.3 Å². The molecule has 1 N–H and O–H groups in total. The minimum atomic E-state index is -1.53. The molecule has 0 aliphatic heterocycles. The Labute approximate surface area is 183 Å². The van der Waals surface area contributed by atoms with Crippen molar-refractivity contribution in [2.24, 2.45) is 11.3 Å². The third kappa shape index (κ3) is 5.89. The number of ether oxygens (including phenoxy) is 2. The second kappa shape index (κ2) is 10.0. The fourth-order valence-electron chi connectivity index (χ4n) is 2.66. The summed E-state index contributed by atoms with van der Waals surface area (Å²) in [5.41, 5.74) is -1.84. The quantitative estimate of drug-likeness (QED) is 0.223. The molecule has 0 amide bonds. The number of carbonyl (C=O) groups excluding carboxylic acids is 2. The summed E-state index contributed by atoms with van der Waals surface area (Å²) < 4.78 is 10.1. The highest BCUT2D eigenvalue weighted by molar-refractivity contribution is 6.54. The summed E-state index contributed by atoms with van der Waals surface area (Å²) in [5, 5.41) is 7.93. The summed E-state index contributed by atoms with van der Waals surface area (Å²) >= 11 is 23.6. The number of carboxylic acids is 1. The van der Waals surface area contributed by atoms with Crippen LogP contribution >= 0.6 is 46.4 Å². The minimum Gasteiger partial charge on any atom is -0.478 e. The van der Waals surface area contributed by atoms with Gasteiger partial charge in [-0.1, -0.05) is 60.3 Å². The Morgan fingerprint density at radius 3 is 1.82 bits per heavy atom. The summed E-state index contributed by atoms with van der Waals surface area (Å²) in [5.74, 6) is -2.74. The SMILES string of the molecule is CC(C)CC(C)(C)C(=O)OCCOC(=O)c1c(Cl)c(Cl)c(Cl)c(Cl)c1C(=O)O. The highest BCUT2D eigenvalue weighted by atomic mass is 35.5.